The molecule has 1 aromatic rings. The molecule has 4 nitrogen and oxygen atoms in total. The van der Waals surface area contributed by atoms with Crippen LogP contribution in [-0.4, -0.2) is 30.7 Å². The monoisotopic (exact) mass is 250 g/mol. The molecule has 0 saturated carbocycles. The van der Waals surface area contributed by atoms with Crippen molar-refractivity contribution in [2.75, 3.05) is 25.0 Å². The average Bonchev–Trinajstić information content (AvgIpc) is 2.36. The number of amides is 1. The summed E-state index contributed by atoms with van der Waals surface area (Å²) in [6, 6.07) is 7.72. The van der Waals surface area contributed by atoms with Crippen molar-refractivity contribution in [3.05, 3.63) is 29.8 Å². The number of rotatable bonds is 8. The van der Waals surface area contributed by atoms with Crippen molar-refractivity contribution in [1.29, 1.82) is 0 Å². The van der Waals surface area contributed by atoms with Crippen LogP contribution < -0.4 is 10.6 Å². The van der Waals surface area contributed by atoms with Gasteiger partial charge in [-0.1, -0.05) is 18.2 Å². The predicted molar refractivity (Wildman–Crippen MR) is 73.6 cm³/mol. The minimum Gasteiger partial charge on any atom is -0.396 e. The van der Waals surface area contributed by atoms with Crippen molar-refractivity contribution in [2.45, 2.75) is 26.2 Å². The van der Waals surface area contributed by atoms with E-state index < -0.39 is 0 Å². The summed E-state index contributed by atoms with van der Waals surface area (Å²) in [7, 11) is 0. The number of para-hydroxylation sites is 1. The lowest BCUT2D eigenvalue weighted by Crippen LogP contribution is -2.29. The van der Waals surface area contributed by atoms with Crippen LogP contribution in [0.3, 0.4) is 0 Å². The summed E-state index contributed by atoms with van der Waals surface area (Å²) >= 11 is 0. The first kappa shape index (κ1) is 14.7. The highest BCUT2D eigenvalue weighted by Gasteiger charge is 2.03. The highest BCUT2D eigenvalue weighted by molar-refractivity contribution is 5.92. The maximum absolute atomic E-state index is 11.6. The molecule has 0 aliphatic rings. The van der Waals surface area contributed by atoms with E-state index in [1.54, 1.807) is 0 Å². The zero-order valence-electron chi connectivity index (χ0n) is 10.9. The fourth-order valence-corrected chi connectivity index (χ4v) is 1.65. The van der Waals surface area contributed by atoms with E-state index >= 15 is 0 Å². The molecule has 0 radical (unpaired) electrons. The molecule has 1 amide bonds. The number of hydrogen-bond acceptors (Lipinski definition) is 3. The number of aliphatic hydroxyl groups is 1. The first-order valence-corrected chi connectivity index (χ1v) is 6.41. The van der Waals surface area contributed by atoms with Gasteiger partial charge in [0, 0.05) is 12.3 Å². The van der Waals surface area contributed by atoms with Gasteiger partial charge in [-0.25, -0.2) is 0 Å². The van der Waals surface area contributed by atoms with Crippen LogP contribution in [-0.2, 0) is 4.79 Å². The lowest BCUT2D eigenvalue weighted by molar-refractivity contribution is -0.115. The van der Waals surface area contributed by atoms with Crippen LogP contribution in [0.5, 0.6) is 0 Å². The highest BCUT2D eigenvalue weighted by Crippen LogP contribution is 2.12. The van der Waals surface area contributed by atoms with Crippen LogP contribution in [0.1, 0.15) is 24.8 Å². The minimum absolute atomic E-state index is 0.0218. The van der Waals surface area contributed by atoms with Crippen molar-refractivity contribution in [1.82, 2.24) is 5.32 Å². The van der Waals surface area contributed by atoms with Crippen molar-refractivity contribution >= 4 is 11.6 Å². The van der Waals surface area contributed by atoms with Gasteiger partial charge in [0.25, 0.3) is 0 Å². The Morgan fingerprint density at radius 3 is 2.72 bits per heavy atom. The van der Waals surface area contributed by atoms with E-state index in [0.717, 1.165) is 37.1 Å². The van der Waals surface area contributed by atoms with Gasteiger partial charge in [-0.05, 0) is 44.4 Å². The van der Waals surface area contributed by atoms with Gasteiger partial charge in [0.15, 0.2) is 0 Å². The molecule has 1 aromatic carbocycles. The Balaban J connectivity index is 2.16. The van der Waals surface area contributed by atoms with Gasteiger partial charge in [0.1, 0.15) is 0 Å². The van der Waals surface area contributed by atoms with E-state index in [9.17, 15) is 4.79 Å². The summed E-state index contributed by atoms with van der Waals surface area (Å²) in [5, 5.41) is 14.6. The molecule has 0 aliphatic heterocycles. The molecular formula is C14H22N2O2. The number of anilines is 1. The molecule has 0 heterocycles. The van der Waals surface area contributed by atoms with Gasteiger partial charge in [-0.2, -0.15) is 0 Å². The fourth-order valence-electron chi connectivity index (χ4n) is 1.65. The van der Waals surface area contributed by atoms with E-state index in [4.69, 9.17) is 5.11 Å². The van der Waals surface area contributed by atoms with Gasteiger partial charge < -0.3 is 15.7 Å². The number of benzene rings is 1. The summed E-state index contributed by atoms with van der Waals surface area (Å²) in [5.74, 6) is -0.0218. The van der Waals surface area contributed by atoms with Gasteiger partial charge in [-0.15, -0.1) is 0 Å². The third-order valence-electron chi connectivity index (χ3n) is 2.72. The summed E-state index contributed by atoms with van der Waals surface area (Å²) < 4.78 is 0. The molecule has 18 heavy (non-hydrogen) atoms. The molecule has 1 rings (SSSR count). The van der Waals surface area contributed by atoms with Crippen LogP contribution in [0.2, 0.25) is 0 Å². The Morgan fingerprint density at radius 1 is 1.22 bits per heavy atom. The van der Waals surface area contributed by atoms with Gasteiger partial charge >= 0.3 is 0 Å². The van der Waals surface area contributed by atoms with Crippen LogP contribution in [0.25, 0.3) is 0 Å². The molecule has 0 unspecified atom stereocenters. The number of aryl methyl sites for hydroxylation is 1. The number of carbonyl (C=O) groups is 1. The lowest BCUT2D eigenvalue weighted by Gasteiger charge is -2.08. The van der Waals surface area contributed by atoms with E-state index in [2.05, 4.69) is 10.6 Å². The zero-order chi connectivity index (χ0) is 13.2. The molecule has 0 atom stereocenters. The molecule has 0 spiro atoms. The number of unbranched alkanes of at least 4 members (excludes halogenated alkanes) is 2. The SMILES string of the molecule is Cc1ccccc1NC(=O)CNCCCCCO. The molecule has 0 bridgehead atoms. The number of hydrogen-bond donors (Lipinski definition) is 3. The summed E-state index contributed by atoms with van der Waals surface area (Å²) in [6.45, 7) is 3.35. The topological polar surface area (TPSA) is 61.4 Å². The second-order valence-electron chi connectivity index (χ2n) is 4.32. The lowest BCUT2D eigenvalue weighted by atomic mass is 10.2. The smallest absolute Gasteiger partial charge is 0.238 e. The van der Waals surface area contributed by atoms with Crippen molar-refractivity contribution in [2.24, 2.45) is 0 Å². The summed E-state index contributed by atoms with van der Waals surface area (Å²) in [6.07, 6.45) is 2.80. The second-order valence-corrected chi connectivity index (χ2v) is 4.32. The third kappa shape index (κ3) is 5.80. The van der Waals surface area contributed by atoms with Crippen LogP contribution >= 0.6 is 0 Å². The van der Waals surface area contributed by atoms with Gasteiger partial charge in [0.2, 0.25) is 5.91 Å². The highest BCUT2D eigenvalue weighted by atomic mass is 16.2. The molecule has 0 saturated heterocycles. The van der Waals surface area contributed by atoms with Crippen molar-refractivity contribution < 1.29 is 9.90 Å². The predicted octanol–water partition coefficient (Wildman–Crippen LogP) is 1.69. The maximum atomic E-state index is 11.6. The number of aliphatic hydroxyl groups excluding tert-OH is 1. The van der Waals surface area contributed by atoms with E-state index in [-0.39, 0.29) is 12.5 Å². The number of carbonyl (C=O) groups excluding carboxylic acids is 1. The molecule has 100 valence electrons. The first-order chi connectivity index (χ1) is 8.74. The summed E-state index contributed by atoms with van der Waals surface area (Å²) in [4.78, 5) is 11.6. The Hall–Kier alpha value is -1.39. The van der Waals surface area contributed by atoms with Gasteiger partial charge in [0.05, 0.1) is 6.54 Å². The Morgan fingerprint density at radius 2 is 2.00 bits per heavy atom. The molecular weight excluding hydrogens is 228 g/mol. The largest absolute Gasteiger partial charge is 0.396 e. The first-order valence-electron chi connectivity index (χ1n) is 6.41. The molecule has 0 aromatic heterocycles. The van der Waals surface area contributed by atoms with E-state index in [1.807, 2.05) is 31.2 Å². The van der Waals surface area contributed by atoms with Crippen molar-refractivity contribution in [3.8, 4) is 0 Å². The maximum Gasteiger partial charge on any atom is 0.238 e. The minimum atomic E-state index is -0.0218. The summed E-state index contributed by atoms with van der Waals surface area (Å²) in [5.41, 5.74) is 1.93. The van der Waals surface area contributed by atoms with Crippen LogP contribution in [0.15, 0.2) is 24.3 Å². The Labute approximate surface area is 108 Å². The van der Waals surface area contributed by atoms with Crippen molar-refractivity contribution in [3.63, 3.8) is 0 Å². The third-order valence-corrected chi connectivity index (χ3v) is 2.72. The van der Waals surface area contributed by atoms with Crippen LogP contribution in [0.4, 0.5) is 5.69 Å². The fraction of sp³-hybridized carbons (Fsp3) is 0.500. The van der Waals surface area contributed by atoms with E-state index in [1.165, 1.54) is 0 Å². The number of nitrogens with one attached hydrogen (secondary N) is 2. The molecule has 3 N–H and O–H groups in total. The van der Waals surface area contributed by atoms with Crippen LogP contribution in [0, 0.1) is 6.92 Å². The Kier molecular flexibility index (Phi) is 7.06. The normalized spacial score (nSPS) is 10.3. The Bertz CT molecular complexity index is 367. The molecule has 4 heteroatoms. The quantitative estimate of drug-likeness (QED) is 0.615. The molecule has 0 fully saturated rings. The molecule has 0 aliphatic carbocycles. The standard InChI is InChI=1S/C14H22N2O2/c1-12-7-3-4-8-13(12)16-14(18)11-15-9-5-2-6-10-17/h3-4,7-8,15,17H,2,5-6,9-11H2,1H3,(H,16,18). The zero-order valence-corrected chi connectivity index (χ0v) is 10.9. The average molecular weight is 250 g/mol. The van der Waals surface area contributed by atoms with Gasteiger partial charge in [-0.3, -0.25) is 4.79 Å². The van der Waals surface area contributed by atoms with E-state index in [0.29, 0.717) is 6.54 Å². The second kappa shape index (κ2) is 8.66.